The monoisotopic (exact) mass is 366 g/mol. The van der Waals surface area contributed by atoms with Gasteiger partial charge in [0.2, 0.25) is 0 Å². The largest absolute Gasteiger partial charge is 0.504 e. The van der Waals surface area contributed by atoms with Gasteiger partial charge in [0.05, 0.1) is 24.3 Å². The zero-order valence-electron chi connectivity index (χ0n) is 15.7. The average Bonchev–Trinajstić information content (AvgIpc) is 2.60. The first kappa shape index (κ1) is 18.4. The van der Waals surface area contributed by atoms with E-state index in [1.54, 1.807) is 18.2 Å². The first-order chi connectivity index (χ1) is 12.7. The first-order valence-corrected chi connectivity index (χ1v) is 8.48. The molecule has 0 atom stereocenters. The summed E-state index contributed by atoms with van der Waals surface area (Å²) in [5.74, 6) is 0.843. The minimum Gasteiger partial charge on any atom is -0.504 e. The predicted molar refractivity (Wildman–Crippen MR) is 105 cm³/mol. The number of nitrogens with one attached hydrogen (secondary N) is 2. The van der Waals surface area contributed by atoms with Crippen molar-refractivity contribution in [3.05, 3.63) is 42.6 Å². The standard InChI is InChI=1S/C20H22N4O3/c1-20(2,3)24-19(26)23-18-11-21-14-7-5-12(9-15(14)22-18)13-6-8-16(25)17(10-13)27-4/h5-11,25H,1-4H3,(H2,22,23,24,26). The van der Waals surface area contributed by atoms with E-state index in [-0.39, 0.29) is 17.3 Å². The fraction of sp³-hybridized carbons (Fsp3) is 0.250. The number of nitrogens with zero attached hydrogens (tertiary/aromatic N) is 2. The Bertz CT molecular complexity index is 996. The molecule has 0 aliphatic rings. The van der Waals surface area contributed by atoms with Crippen LogP contribution in [0.15, 0.2) is 42.6 Å². The average molecular weight is 366 g/mol. The summed E-state index contributed by atoms with van der Waals surface area (Å²) in [6, 6.07) is 10.4. The number of ether oxygens (including phenoxy) is 1. The molecule has 0 bridgehead atoms. The van der Waals surface area contributed by atoms with Gasteiger partial charge in [-0.1, -0.05) is 12.1 Å². The lowest BCUT2D eigenvalue weighted by molar-refractivity contribution is 0.243. The number of methoxy groups -OCH3 is 1. The quantitative estimate of drug-likeness (QED) is 0.653. The number of carbonyl (C=O) groups excluding carboxylic acids is 1. The summed E-state index contributed by atoms with van der Waals surface area (Å²) in [4.78, 5) is 20.8. The van der Waals surface area contributed by atoms with Crippen LogP contribution in [0.2, 0.25) is 0 Å². The van der Waals surface area contributed by atoms with E-state index in [0.717, 1.165) is 11.1 Å². The number of benzene rings is 2. The molecular weight excluding hydrogens is 344 g/mol. The number of rotatable bonds is 3. The Balaban J connectivity index is 1.91. The van der Waals surface area contributed by atoms with Crippen LogP contribution in [0, 0.1) is 0 Å². The minimum atomic E-state index is -0.348. The van der Waals surface area contributed by atoms with Crippen LogP contribution >= 0.6 is 0 Å². The topological polar surface area (TPSA) is 96.4 Å². The Hall–Kier alpha value is -3.35. The number of phenols is 1. The lowest BCUT2D eigenvalue weighted by Gasteiger charge is -2.20. The molecule has 0 unspecified atom stereocenters. The Morgan fingerprint density at radius 1 is 1.07 bits per heavy atom. The van der Waals surface area contributed by atoms with Crippen molar-refractivity contribution in [2.45, 2.75) is 26.3 Å². The first-order valence-electron chi connectivity index (χ1n) is 8.48. The maximum absolute atomic E-state index is 12.0. The van der Waals surface area contributed by atoms with Crippen LogP contribution in [0.25, 0.3) is 22.2 Å². The lowest BCUT2D eigenvalue weighted by atomic mass is 10.0. The Morgan fingerprint density at radius 3 is 2.48 bits per heavy atom. The third kappa shape index (κ3) is 4.44. The van der Waals surface area contributed by atoms with Gasteiger partial charge in [-0.3, -0.25) is 10.3 Å². The summed E-state index contributed by atoms with van der Waals surface area (Å²) >= 11 is 0. The molecule has 140 valence electrons. The summed E-state index contributed by atoms with van der Waals surface area (Å²) in [7, 11) is 1.51. The maximum Gasteiger partial charge on any atom is 0.320 e. The SMILES string of the molecule is COc1cc(-c2ccc3ncc(NC(=O)NC(C)(C)C)nc3c2)ccc1O. The molecule has 3 N–H and O–H groups in total. The van der Waals surface area contributed by atoms with Crippen LogP contribution < -0.4 is 15.4 Å². The third-order valence-electron chi connectivity index (χ3n) is 3.79. The molecule has 0 saturated carbocycles. The molecule has 2 amide bonds. The molecule has 1 aromatic heterocycles. The van der Waals surface area contributed by atoms with Crippen LogP contribution in [0.4, 0.5) is 10.6 Å². The second kappa shape index (κ2) is 7.11. The smallest absolute Gasteiger partial charge is 0.320 e. The second-order valence-electron chi connectivity index (χ2n) is 7.17. The van der Waals surface area contributed by atoms with Crippen LogP contribution in [0.1, 0.15) is 20.8 Å². The molecule has 3 rings (SSSR count). The van der Waals surface area contributed by atoms with E-state index in [1.165, 1.54) is 13.3 Å². The van der Waals surface area contributed by atoms with Gasteiger partial charge in [0.25, 0.3) is 0 Å². The molecular formula is C20H22N4O3. The number of hydrogen-bond donors (Lipinski definition) is 3. The number of hydrogen-bond acceptors (Lipinski definition) is 5. The van der Waals surface area contributed by atoms with E-state index in [0.29, 0.717) is 22.6 Å². The molecule has 2 aromatic carbocycles. The third-order valence-corrected chi connectivity index (χ3v) is 3.79. The highest BCUT2D eigenvalue weighted by Crippen LogP contribution is 2.32. The van der Waals surface area contributed by atoms with Crippen molar-refractivity contribution in [2.75, 3.05) is 12.4 Å². The van der Waals surface area contributed by atoms with Crippen molar-refractivity contribution in [1.82, 2.24) is 15.3 Å². The number of anilines is 1. The molecule has 0 spiro atoms. The number of aromatic nitrogens is 2. The van der Waals surface area contributed by atoms with Crippen molar-refractivity contribution < 1.29 is 14.6 Å². The molecule has 0 saturated heterocycles. The van der Waals surface area contributed by atoms with E-state index >= 15 is 0 Å². The lowest BCUT2D eigenvalue weighted by Crippen LogP contribution is -2.43. The van der Waals surface area contributed by atoms with E-state index in [4.69, 9.17) is 4.74 Å². The maximum atomic E-state index is 12.0. The number of phenolic OH excluding ortho intramolecular Hbond substituents is 1. The van der Waals surface area contributed by atoms with Crippen LogP contribution in [-0.2, 0) is 0 Å². The van der Waals surface area contributed by atoms with Crippen LogP contribution in [-0.4, -0.2) is 33.8 Å². The Kier molecular flexibility index (Phi) is 4.85. The summed E-state index contributed by atoms with van der Waals surface area (Å²) in [5, 5.41) is 15.3. The molecule has 0 aliphatic carbocycles. The molecule has 7 nitrogen and oxygen atoms in total. The molecule has 0 aliphatic heterocycles. The summed E-state index contributed by atoms with van der Waals surface area (Å²) in [5.41, 5.74) is 2.78. The number of amides is 2. The van der Waals surface area contributed by atoms with Gasteiger partial charge in [-0.05, 0) is 56.2 Å². The zero-order chi connectivity index (χ0) is 19.6. The minimum absolute atomic E-state index is 0.0816. The number of urea groups is 1. The number of fused-ring (bicyclic) bond motifs is 1. The van der Waals surface area contributed by atoms with Crippen molar-refractivity contribution in [3.63, 3.8) is 0 Å². The Labute approximate surface area is 157 Å². The van der Waals surface area contributed by atoms with Gasteiger partial charge < -0.3 is 15.2 Å². The highest BCUT2D eigenvalue weighted by atomic mass is 16.5. The van der Waals surface area contributed by atoms with Gasteiger partial charge in [0.1, 0.15) is 0 Å². The summed E-state index contributed by atoms with van der Waals surface area (Å²) in [6.45, 7) is 5.70. The molecule has 1 heterocycles. The van der Waals surface area contributed by atoms with Gasteiger partial charge in [-0.2, -0.15) is 0 Å². The van der Waals surface area contributed by atoms with Gasteiger partial charge in [-0.25, -0.2) is 9.78 Å². The van der Waals surface area contributed by atoms with Gasteiger partial charge in [0, 0.05) is 5.54 Å². The van der Waals surface area contributed by atoms with Crippen molar-refractivity contribution in [1.29, 1.82) is 0 Å². The van der Waals surface area contributed by atoms with Gasteiger partial charge >= 0.3 is 6.03 Å². The summed E-state index contributed by atoms with van der Waals surface area (Å²) in [6.07, 6.45) is 1.52. The van der Waals surface area contributed by atoms with E-state index in [1.807, 2.05) is 39.0 Å². The number of carbonyl (C=O) groups is 1. The fourth-order valence-electron chi connectivity index (χ4n) is 2.60. The zero-order valence-corrected chi connectivity index (χ0v) is 15.7. The van der Waals surface area contributed by atoms with E-state index in [2.05, 4.69) is 20.6 Å². The van der Waals surface area contributed by atoms with E-state index in [9.17, 15) is 9.90 Å². The van der Waals surface area contributed by atoms with Crippen molar-refractivity contribution >= 4 is 22.9 Å². The highest BCUT2D eigenvalue weighted by Gasteiger charge is 2.14. The highest BCUT2D eigenvalue weighted by molar-refractivity contribution is 5.90. The van der Waals surface area contributed by atoms with Gasteiger partial charge in [0.15, 0.2) is 17.3 Å². The molecule has 27 heavy (non-hydrogen) atoms. The summed E-state index contributed by atoms with van der Waals surface area (Å²) < 4.78 is 5.16. The molecule has 0 radical (unpaired) electrons. The van der Waals surface area contributed by atoms with Crippen LogP contribution in [0.5, 0.6) is 11.5 Å². The fourth-order valence-corrected chi connectivity index (χ4v) is 2.60. The normalized spacial score (nSPS) is 11.3. The van der Waals surface area contributed by atoms with Gasteiger partial charge in [-0.15, -0.1) is 0 Å². The van der Waals surface area contributed by atoms with Crippen LogP contribution in [0.3, 0.4) is 0 Å². The van der Waals surface area contributed by atoms with E-state index < -0.39 is 0 Å². The second-order valence-corrected chi connectivity index (χ2v) is 7.17. The molecule has 0 fully saturated rings. The molecule has 3 aromatic rings. The van der Waals surface area contributed by atoms with Crippen molar-refractivity contribution in [2.24, 2.45) is 0 Å². The Morgan fingerprint density at radius 2 is 1.78 bits per heavy atom. The van der Waals surface area contributed by atoms with Crippen molar-refractivity contribution in [3.8, 4) is 22.6 Å². The predicted octanol–water partition coefficient (Wildman–Crippen LogP) is 3.93. The number of aromatic hydroxyl groups is 1. The molecule has 7 heteroatoms.